The number of hydrogen-bond donors (Lipinski definition) is 0. The Hall–Kier alpha value is -0.840. The first-order chi connectivity index (χ1) is 16.1. The van der Waals surface area contributed by atoms with E-state index in [1.54, 1.807) is 5.57 Å². The van der Waals surface area contributed by atoms with Crippen molar-refractivity contribution in [2.45, 2.75) is 85.7 Å². The van der Waals surface area contributed by atoms with Gasteiger partial charge in [0.2, 0.25) is 0 Å². The number of allylic oxidation sites excluding steroid dienone is 1. The Kier molecular flexibility index (Phi) is 6.52. The van der Waals surface area contributed by atoms with Crippen LogP contribution < -0.4 is 0 Å². The van der Waals surface area contributed by atoms with Crippen molar-refractivity contribution in [1.29, 1.82) is 0 Å². The van der Waals surface area contributed by atoms with E-state index in [4.69, 9.17) is 4.74 Å². The fourth-order valence-electron chi connectivity index (χ4n) is 9.44. The summed E-state index contributed by atoms with van der Waals surface area (Å²) >= 11 is 2.61. The second kappa shape index (κ2) is 8.92. The molecule has 186 valence electrons. The Morgan fingerprint density at radius 1 is 1.03 bits per heavy atom. The molecule has 2 nitrogen and oxygen atoms in total. The predicted molar refractivity (Wildman–Crippen MR) is 148 cm³/mol. The fourth-order valence-corrected chi connectivity index (χ4v) is 10.1. The molecule has 8 atom stereocenters. The fraction of sp³-hybridized carbons (Fsp3) is 0.710. The average Bonchev–Trinajstić information content (AvgIpc) is 3.18. The molecule has 3 heteroatoms. The summed E-state index contributed by atoms with van der Waals surface area (Å²) < 4.78 is 7.47. The zero-order chi connectivity index (χ0) is 24.3. The third kappa shape index (κ3) is 3.73. The minimum atomic E-state index is -0.175. The minimum absolute atomic E-state index is 0.0506. The summed E-state index contributed by atoms with van der Waals surface area (Å²) in [5, 5.41) is 0. The molecular weight excluding hydrogens is 531 g/mol. The zero-order valence-corrected chi connectivity index (χ0v) is 23.9. The van der Waals surface area contributed by atoms with Crippen molar-refractivity contribution in [2.24, 2.45) is 45.8 Å². The number of ether oxygens (including phenoxy) is 1. The Balaban J connectivity index is 1.39. The van der Waals surface area contributed by atoms with Crippen LogP contribution in [0, 0.1) is 45.8 Å². The molecule has 0 aliphatic heterocycles. The summed E-state index contributed by atoms with van der Waals surface area (Å²) in [4.78, 5) is 12.9. The highest BCUT2D eigenvalue weighted by Gasteiger charge is 2.61. The summed E-state index contributed by atoms with van der Waals surface area (Å²) in [5.74, 6) is 4.06. The van der Waals surface area contributed by atoms with E-state index in [0.29, 0.717) is 11.0 Å². The maximum absolute atomic E-state index is 12.9. The van der Waals surface area contributed by atoms with Crippen molar-refractivity contribution in [1.82, 2.24) is 0 Å². The number of fused-ring (bicyclic) bond motifs is 5. The smallest absolute Gasteiger partial charge is 0.338 e. The van der Waals surface area contributed by atoms with Crippen LogP contribution in [0.1, 0.15) is 89.9 Å². The van der Waals surface area contributed by atoms with Gasteiger partial charge >= 0.3 is 5.97 Å². The van der Waals surface area contributed by atoms with Crippen molar-refractivity contribution >= 4 is 28.6 Å². The lowest BCUT2D eigenvalue weighted by molar-refractivity contribution is -0.0817. The first-order valence-electron chi connectivity index (χ1n) is 13.7. The van der Waals surface area contributed by atoms with E-state index in [-0.39, 0.29) is 22.9 Å². The molecule has 5 rings (SSSR count). The van der Waals surface area contributed by atoms with Gasteiger partial charge in [-0.05, 0) is 97.5 Å². The van der Waals surface area contributed by atoms with Gasteiger partial charge in [-0.25, -0.2) is 4.79 Å². The molecule has 0 bridgehead atoms. The number of carbonyl (C=O) groups is 1. The van der Waals surface area contributed by atoms with Gasteiger partial charge < -0.3 is 4.74 Å². The van der Waals surface area contributed by atoms with E-state index in [9.17, 15) is 4.79 Å². The highest BCUT2D eigenvalue weighted by Crippen LogP contribution is 2.69. The quantitative estimate of drug-likeness (QED) is 0.156. The SMILES string of the molecule is CC(CI)[C@H]1CC[C@H]2[C@@H]3CC=C4C(C)(C)C(OC(=O)c5ccccc5)CC[C@]4(C)[C@H]3CC[C@]12C. The Morgan fingerprint density at radius 2 is 1.76 bits per heavy atom. The zero-order valence-electron chi connectivity index (χ0n) is 21.8. The maximum Gasteiger partial charge on any atom is 0.338 e. The van der Waals surface area contributed by atoms with Crippen molar-refractivity contribution in [3.63, 3.8) is 0 Å². The van der Waals surface area contributed by atoms with Gasteiger partial charge in [0.05, 0.1) is 5.56 Å². The number of hydrogen-bond acceptors (Lipinski definition) is 2. The van der Waals surface area contributed by atoms with Crippen LogP contribution in [0.15, 0.2) is 42.0 Å². The molecule has 0 aromatic heterocycles. The van der Waals surface area contributed by atoms with Gasteiger partial charge in [-0.3, -0.25) is 0 Å². The van der Waals surface area contributed by atoms with E-state index in [2.05, 4.69) is 63.3 Å². The lowest BCUT2D eigenvalue weighted by atomic mass is 9.44. The summed E-state index contributed by atoms with van der Waals surface area (Å²) in [6, 6.07) is 9.49. The van der Waals surface area contributed by atoms with Gasteiger partial charge in [0.25, 0.3) is 0 Å². The lowest BCUT2D eigenvalue weighted by Crippen LogP contribution is -2.55. The first-order valence-corrected chi connectivity index (χ1v) is 15.2. The molecule has 1 aromatic rings. The van der Waals surface area contributed by atoms with Crippen molar-refractivity contribution in [2.75, 3.05) is 4.43 Å². The number of halogens is 1. The van der Waals surface area contributed by atoms with Crippen molar-refractivity contribution < 1.29 is 9.53 Å². The van der Waals surface area contributed by atoms with Gasteiger partial charge in [0.1, 0.15) is 6.10 Å². The highest BCUT2D eigenvalue weighted by molar-refractivity contribution is 14.1. The molecule has 3 saturated carbocycles. The lowest BCUT2D eigenvalue weighted by Gasteiger charge is -2.61. The van der Waals surface area contributed by atoms with Crippen LogP contribution >= 0.6 is 22.6 Å². The second-order valence-electron chi connectivity index (χ2n) is 13.0. The van der Waals surface area contributed by atoms with Gasteiger partial charge in [-0.2, -0.15) is 0 Å². The minimum Gasteiger partial charge on any atom is -0.458 e. The molecule has 0 amide bonds. The summed E-state index contributed by atoms with van der Waals surface area (Å²) in [7, 11) is 0. The van der Waals surface area contributed by atoms with Crippen LogP contribution in [-0.4, -0.2) is 16.5 Å². The number of carbonyl (C=O) groups excluding carboxylic acids is 1. The molecule has 34 heavy (non-hydrogen) atoms. The predicted octanol–water partition coefficient (Wildman–Crippen LogP) is 8.50. The maximum atomic E-state index is 12.9. The number of esters is 1. The van der Waals surface area contributed by atoms with E-state index in [0.717, 1.165) is 42.4 Å². The molecule has 0 radical (unpaired) electrons. The summed E-state index contributed by atoms with van der Waals surface area (Å²) in [5.41, 5.74) is 2.91. The summed E-state index contributed by atoms with van der Waals surface area (Å²) in [6.07, 6.45) is 11.6. The standard InChI is InChI=1S/C31H43IO2/c1-20(19-32)23-12-13-24-22-11-14-26-29(2,3)27(34-28(33)21-9-7-6-8-10-21)16-18-31(26,5)25(22)15-17-30(23,24)4/h6-10,14,20,22-25,27H,11-13,15-19H2,1-5H3/t20?,22-,23+,24-,25-,27?,30+,31+/m0/s1. The van der Waals surface area contributed by atoms with E-state index >= 15 is 0 Å². The largest absolute Gasteiger partial charge is 0.458 e. The molecule has 3 fully saturated rings. The van der Waals surface area contributed by atoms with E-state index in [1.807, 2.05) is 30.3 Å². The third-order valence-corrected chi connectivity index (χ3v) is 12.5. The monoisotopic (exact) mass is 574 g/mol. The highest BCUT2D eigenvalue weighted by atomic mass is 127. The third-order valence-electron chi connectivity index (χ3n) is 11.2. The van der Waals surface area contributed by atoms with Gasteiger partial charge in [-0.1, -0.05) is 87.1 Å². The van der Waals surface area contributed by atoms with Crippen LogP contribution in [0.3, 0.4) is 0 Å². The van der Waals surface area contributed by atoms with Crippen LogP contribution in [-0.2, 0) is 4.74 Å². The van der Waals surface area contributed by atoms with Crippen LogP contribution in [0.4, 0.5) is 0 Å². The molecule has 4 aliphatic rings. The molecule has 0 heterocycles. The van der Waals surface area contributed by atoms with Crippen LogP contribution in [0.2, 0.25) is 0 Å². The molecule has 0 N–H and O–H groups in total. The Bertz CT molecular complexity index is 951. The molecule has 1 aromatic carbocycles. The van der Waals surface area contributed by atoms with Crippen LogP contribution in [0.25, 0.3) is 0 Å². The van der Waals surface area contributed by atoms with Crippen molar-refractivity contribution in [3.8, 4) is 0 Å². The van der Waals surface area contributed by atoms with Gasteiger partial charge in [0.15, 0.2) is 0 Å². The van der Waals surface area contributed by atoms with E-state index < -0.39 is 0 Å². The number of benzene rings is 1. The average molecular weight is 575 g/mol. The van der Waals surface area contributed by atoms with Gasteiger partial charge in [0, 0.05) is 9.84 Å². The molecule has 4 aliphatic carbocycles. The summed E-state index contributed by atoms with van der Waals surface area (Å²) in [6.45, 7) is 12.4. The van der Waals surface area contributed by atoms with Crippen molar-refractivity contribution in [3.05, 3.63) is 47.5 Å². The van der Waals surface area contributed by atoms with Gasteiger partial charge in [-0.15, -0.1) is 0 Å². The molecule has 0 saturated heterocycles. The first kappa shape index (κ1) is 24.8. The topological polar surface area (TPSA) is 26.3 Å². The second-order valence-corrected chi connectivity index (χ2v) is 13.9. The molecule has 0 spiro atoms. The van der Waals surface area contributed by atoms with Crippen LogP contribution in [0.5, 0.6) is 0 Å². The Labute approximate surface area is 220 Å². The molecular formula is C31H43IO2. The Morgan fingerprint density at radius 3 is 2.47 bits per heavy atom. The van der Waals surface area contributed by atoms with E-state index in [1.165, 1.54) is 36.5 Å². The number of rotatable bonds is 4. The normalized spacial score (nSPS) is 41.5. The molecule has 2 unspecified atom stereocenters. The number of alkyl halides is 1.